The fourth-order valence-corrected chi connectivity index (χ4v) is 2.83. The van der Waals surface area contributed by atoms with Crippen molar-refractivity contribution >= 4 is 21.8 Å². The van der Waals surface area contributed by atoms with Gasteiger partial charge in [-0.15, -0.1) is 0 Å². The second-order valence-corrected chi connectivity index (χ2v) is 7.50. The predicted octanol–water partition coefficient (Wildman–Crippen LogP) is 2.54. The molecule has 0 bridgehead atoms. The number of hydrogen-bond donors (Lipinski definition) is 1. The molecule has 0 atom stereocenters. The van der Waals surface area contributed by atoms with Crippen LogP contribution in [0.25, 0.3) is 6.08 Å². The Balaban J connectivity index is 2.23. The number of likely N-dealkylation sites (N-methyl/N-ethyl adjacent to an activating group) is 1. The van der Waals surface area contributed by atoms with Crippen molar-refractivity contribution in [3.05, 3.63) is 71.3 Å². The van der Waals surface area contributed by atoms with E-state index in [1.807, 2.05) is 24.3 Å². The number of benzene rings is 2. The summed E-state index contributed by atoms with van der Waals surface area (Å²) in [5, 5.41) is 9.60. The largest absolute Gasteiger partial charge is 0.286 e. The van der Waals surface area contributed by atoms with Crippen molar-refractivity contribution in [3.8, 4) is 0 Å². The predicted molar refractivity (Wildman–Crippen MR) is 92.4 cm³/mol. The number of carbonyl (C=O) groups excluding carboxylic acids is 1. The van der Waals surface area contributed by atoms with Crippen molar-refractivity contribution in [1.82, 2.24) is 5.06 Å². The average molecular weight is 345 g/mol. The zero-order valence-electron chi connectivity index (χ0n) is 13.5. The smallest absolute Gasteiger partial charge is 0.269 e. The number of hydroxylamine groups is 2. The molecule has 0 aliphatic carbocycles. The fourth-order valence-electron chi connectivity index (χ4n) is 2.20. The summed E-state index contributed by atoms with van der Waals surface area (Å²) in [7, 11) is -1.94. The van der Waals surface area contributed by atoms with Crippen LogP contribution in [0, 0.1) is 0 Å². The molecule has 126 valence electrons. The number of hydrogen-bond acceptors (Lipinski definition) is 4. The van der Waals surface area contributed by atoms with Gasteiger partial charge in [0.2, 0.25) is 0 Å². The van der Waals surface area contributed by atoms with E-state index in [0.717, 1.165) is 16.7 Å². The summed E-state index contributed by atoms with van der Waals surface area (Å²) in [5.74, 6) is -0.512. The van der Waals surface area contributed by atoms with Gasteiger partial charge in [0, 0.05) is 19.4 Å². The van der Waals surface area contributed by atoms with E-state index < -0.39 is 15.7 Å². The van der Waals surface area contributed by atoms with Crippen LogP contribution in [0.2, 0.25) is 0 Å². The molecule has 0 aromatic heterocycles. The highest BCUT2D eigenvalue weighted by Crippen LogP contribution is 2.18. The molecule has 0 radical (unpaired) electrons. The van der Waals surface area contributed by atoms with Crippen LogP contribution in [-0.2, 0) is 21.1 Å². The minimum Gasteiger partial charge on any atom is -0.286 e. The van der Waals surface area contributed by atoms with E-state index in [1.54, 1.807) is 30.3 Å². The van der Waals surface area contributed by atoms with Crippen LogP contribution in [0.1, 0.15) is 16.7 Å². The minimum absolute atomic E-state index is 0.288. The highest BCUT2D eigenvalue weighted by molar-refractivity contribution is 7.90. The normalized spacial score (nSPS) is 11.6. The molecule has 0 saturated carbocycles. The van der Waals surface area contributed by atoms with E-state index in [4.69, 9.17) is 5.21 Å². The van der Waals surface area contributed by atoms with E-state index in [9.17, 15) is 13.2 Å². The lowest BCUT2D eigenvalue weighted by atomic mass is 9.99. The summed E-state index contributed by atoms with van der Waals surface area (Å²) in [6, 6.07) is 14.3. The molecule has 0 unspecified atom stereocenters. The highest BCUT2D eigenvalue weighted by atomic mass is 32.2. The van der Waals surface area contributed by atoms with Crippen molar-refractivity contribution < 1.29 is 18.4 Å². The number of sulfone groups is 1. The van der Waals surface area contributed by atoms with Crippen LogP contribution in [0.15, 0.2) is 59.5 Å². The van der Waals surface area contributed by atoms with Gasteiger partial charge < -0.3 is 0 Å². The van der Waals surface area contributed by atoms with Crippen LogP contribution in [0.4, 0.5) is 0 Å². The number of rotatable bonds is 5. The standard InChI is InChI=1S/C18H19NO4S/c1-19(21)18(20)12-9-15-5-3-4-6-16(15)13-14-7-10-17(11-8-14)24(2,22)23/h3-12,21H,13H2,1-2H3. The SMILES string of the molecule is CN(O)C(=O)C=Cc1ccccc1Cc1ccc(S(C)(=O)=O)cc1. The molecule has 2 rings (SSSR count). The molecule has 0 spiro atoms. The third-order valence-corrected chi connectivity index (χ3v) is 4.65. The minimum atomic E-state index is -3.20. The third-order valence-electron chi connectivity index (χ3n) is 3.53. The molecular weight excluding hydrogens is 326 g/mol. The summed E-state index contributed by atoms with van der Waals surface area (Å²) in [6.07, 6.45) is 4.73. The summed E-state index contributed by atoms with van der Waals surface area (Å²) in [6.45, 7) is 0. The van der Waals surface area contributed by atoms with Crippen LogP contribution in [0.3, 0.4) is 0 Å². The quantitative estimate of drug-likeness (QED) is 0.513. The maximum Gasteiger partial charge on any atom is 0.269 e. The van der Waals surface area contributed by atoms with Gasteiger partial charge >= 0.3 is 0 Å². The molecule has 5 nitrogen and oxygen atoms in total. The van der Waals surface area contributed by atoms with E-state index >= 15 is 0 Å². The lowest BCUT2D eigenvalue weighted by Crippen LogP contribution is -2.19. The van der Waals surface area contributed by atoms with Gasteiger partial charge in [0.1, 0.15) is 0 Å². The van der Waals surface area contributed by atoms with Crippen LogP contribution < -0.4 is 0 Å². The zero-order valence-corrected chi connectivity index (χ0v) is 14.3. The van der Waals surface area contributed by atoms with E-state index in [1.165, 1.54) is 19.4 Å². The molecule has 6 heteroatoms. The number of amides is 1. The first-order chi connectivity index (χ1) is 11.3. The Hall–Kier alpha value is -2.44. The van der Waals surface area contributed by atoms with Gasteiger partial charge in [-0.1, -0.05) is 36.4 Å². The van der Waals surface area contributed by atoms with E-state index in [2.05, 4.69) is 0 Å². The van der Waals surface area contributed by atoms with Crippen molar-refractivity contribution in [2.24, 2.45) is 0 Å². The average Bonchev–Trinajstić information content (AvgIpc) is 2.53. The Kier molecular flexibility index (Phi) is 5.54. The van der Waals surface area contributed by atoms with Gasteiger partial charge in [-0.2, -0.15) is 0 Å². The third kappa shape index (κ3) is 4.78. The van der Waals surface area contributed by atoms with Gasteiger partial charge in [0.05, 0.1) is 4.90 Å². The van der Waals surface area contributed by atoms with Crippen LogP contribution >= 0.6 is 0 Å². The molecule has 0 fully saturated rings. The molecular formula is C18H19NO4S. The van der Waals surface area contributed by atoms with Crippen molar-refractivity contribution in [3.63, 3.8) is 0 Å². The Morgan fingerprint density at radius 2 is 1.75 bits per heavy atom. The first-order valence-corrected chi connectivity index (χ1v) is 9.18. The second kappa shape index (κ2) is 7.42. The molecule has 1 N–H and O–H groups in total. The maximum absolute atomic E-state index is 11.5. The number of nitrogens with zero attached hydrogens (tertiary/aromatic N) is 1. The monoisotopic (exact) mass is 345 g/mol. The highest BCUT2D eigenvalue weighted by Gasteiger charge is 2.07. The summed E-state index contributed by atoms with van der Waals surface area (Å²) in [5.41, 5.74) is 2.82. The van der Waals surface area contributed by atoms with E-state index in [-0.39, 0.29) is 4.90 Å². The summed E-state index contributed by atoms with van der Waals surface area (Å²) >= 11 is 0. The maximum atomic E-state index is 11.5. The Labute approximate surface area is 141 Å². The van der Waals surface area contributed by atoms with Gasteiger partial charge in [-0.25, -0.2) is 13.5 Å². The van der Waals surface area contributed by atoms with Gasteiger partial charge in [-0.05, 0) is 41.3 Å². The molecule has 2 aromatic rings. The Morgan fingerprint density at radius 3 is 2.33 bits per heavy atom. The van der Waals surface area contributed by atoms with Crippen LogP contribution in [-0.4, -0.2) is 37.9 Å². The number of carbonyl (C=O) groups is 1. The molecule has 1 amide bonds. The van der Waals surface area contributed by atoms with E-state index in [0.29, 0.717) is 11.5 Å². The molecule has 0 saturated heterocycles. The second-order valence-electron chi connectivity index (χ2n) is 5.49. The summed E-state index contributed by atoms with van der Waals surface area (Å²) < 4.78 is 23.0. The zero-order chi connectivity index (χ0) is 17.7. The molecule has 0 aliphatic heterocycles. The lowest BCUT2D eigenvalue weighted by molar-refractivity contribution is -0.153. The molecule has 2 aromatic carbocycles. The lowest BCUT2D eigenvalue weighted by Gasteiger charge is -2.08. The van der Waals surface area contributed by atoms with Crippen molar-refractivity contribution in [1.29, 1.82) is 0 Å². The first-order valence-electron chi connectivity index (χ1n) is 7.29. The fraction of sp³-hybridized carbons (Fsp3) is 0.167. The van der Waals surface area contributed by atoms with Crippen LogP contribution in [0.5, 0.6) is 0 Å². The van der Waals surface area contributed by atoms with Gasteiger partial charge in [0.25, 0.3) is 5.91 Å². The Bertz CT molecular complexity index is 853. The molecule has 0 aliphatic rings. The topological polar surface area (TPSA) is 74.7 Å². The first kappa shape index (κ1) is 17.9. The Morgan fingerprint density at radius 1 is 1.12 bits per heavy atom. The van der Waals surface area contributed by atoms with Gasteiger partial charge in [-0.3, -0.25) is 10.0 Å². The van der Waals surface area contributed by atoms with Crippen molar-refractivity contribution in [2.75, 3.05) is 13.3 Å². The van der Waals surface area contributed by atoms with Crippen molar-refractivity contribution in [2.45, 2.75) is 11.3 Å². The molecule has 24 heavy (non-hydrogen) atoms. The summed E-state index contributed by atoms with van der Waals surface area (Å²) in [4.78, 5) is 11.7. The van der Waals surface area contributed by atoms with Gasteiger partial charge in [0.15, 0.2) is 9.84 Å². The molecule has 0 heterocycles.